The molecule has 2 nitrogen and oxygen atoms in total. The van der Waals surface area contributed by atoms with Crippen LogP contribution in [0.5, 0.6) is 0 Å². The smallest absolute Gasteiger partial charge is 0.240 e. The van der Waals surface area contributed by atoms with Gasteiger partial charge in [0.1, 0.15) is 5.38 Å². The molecule has 4 heteroatoms. The lowest BCUT2D eigenvalue weighted by atomic mass is 10.2. The van der Waals surface area contributed by atoms with Gasteiger partial charge in [0, 0.05) is 23.6 Å². The Balaban J connectivity index is 2.57. The number of carbonyl (C=O) groups is 1. The van der Waals surface area contributed by atoms with Crippen LogP contribution in [0.1, 0.15) is 20.8 Å². The summed E-state index contributed by atoms with van der Waals surface area (Å²) in [6, 6.07) is 0. The number of hydrogen-bond donors (Lipinski definition) is 0. The van der Waals surface area contributed by atoms with Gasteiger partial charge in [-0.15, -0.1) is 11.6 Å². The molecule has 13 heavy (non-hydrogen) atoms. The third-order valence-electron chi connectivity index (χ3n) is 2.08. The monoisotopic (exact) mass is 221 g/mol. The van der Waals surface area contributed by atoms with Gasteiger partial charge in [0.25, 0.3) is 0 Å². The van der Waals surface area contributed by atoms with Crippen molar-refractivity contribution in [2.75, 3.05) is 18.8 Å². The van der Waals surface area contributed by atoms with Crippen molar-refractivity contribution in [2.24, 2.45) is 0 Å². The Morgan fingerprint density at radius 1 is 1.62 bits per heavy atom. The minimum absolute atomic E-state index is 0.0649. The summed E-state index contributed by atoms with van der Waals surface area (Å²) in [4.78, 5) is 13.4. The highest BCUT2D eigenvalue weighted by atomic mass is 35.5. The third kappa shape index (κ3) is 3.06. The van der Waals surface area contributed by atoms with Gasteiger partial charge in [-0.2, -0.15) is 11.8 Å². The van der Waals surface area contributed by atoms with Crippen LogP contribution in [0, 0.1) is 0 Å². The number of rotatable bonds is 1. The van der Waals surface area contributed by atoms with E-state index in [1.807, 2.05) is 16.7 Å². The molecular formula is C9H16ClNOS. The molecule has 1 rings (SSSR count). The molecule has 0 aliphatic carbocycles. The second kappa shape index (κ2) is 4.09. The first-order chi connectivity index (χ1) is 5.92. The van der Waals surface area contributed by atoms with E-state index >= 15 is 0 Å². The van der Waals surface area contributed by atoms with Gasteiger partial charge < -0.3 is 4.90 Å². The SMILES string of the molecule is CC(Cl)C(=O)N1CCSC(C)(C)C1. The summed E-state index contributed by atoms with van der Waals surface area (Å²) in [5, 5.41) is -0.390. The Bertz CT molecular complexity index is 206. The molecule has 0 bridgehead atoms. The van der Waals surface area contributed by atoms with Crippen molar-refractivity contribution >= 4 is 29.3 Å². The topological polar surface area (TPSA) is 20.3 Å². The quantitative estimate of drug-likeness (QED) is 0.631. The summed E-state index contributed by atoms with van der Waals surface area (Å²) in [5.41, 5.74) is 0. The van der Waals surface area contributed by atoms with Crippen LogP contribution in [0.4, 0.5) is 0 Å². The highest BCUT2D eigenvalue weighted by molar-refractivity contribution is 8.00. The standard InChI is InChI=1S/C9H16ClNOS/c1-7(10)8(12)11-4-5-13-9(2,3)6-11/h7H,4-6H2,1-3H3. The lowest BCUT2D eigenvalue weighted by Crippen LogP contribution is -2.48. The average molecular weight is 222 g/mol. The van der Waals surface area contributed by atoms with Crippen LogP contribution in [0.2, 0.25) is 0 Å². The van der Waals surface area contributed by atoms with E-state index < -0.39 is 0 Å². The van der Waals surface area contributed by atoms with Gasteiger partial charge >= 0.3 is 0 Å². The van der Waals surface area contributed by atoms with Gasteiger partial charge in [-0.3, -0.25) is 4.79 Å². The summed E-state index contributed by atoms with van der Waals surface area (Å²) in [7, 11) is 0. The Morgan fingerprint density at radius 2 is 2.23 bits per heavy atom. The van der Waals surface area contributed by atoms with Gasteiger partial charge in [-0.05, 0) is 20.8 Å². The Morgan fingerprint density at radius 3 is 2.69 bits per heavy atom. The van der Waals surface area contributed by atoms with E-state index in [1.54, 1.807) is 6.92 Å². The van der Waals surface area contributed by atoms with Crippen LogP contribution in [0.25, 0.3) is 0 Å². The maximum atomic E-state index is 11.6. The van der Waals surface area contributed by atoms with Crippen molar-refractivity contribution in [1.29, 1.82) is 0 Å². The minimum atomic E-state index is -0.390. The first kappa shape index (κ1) is 11.2. The van der Waals surface area contributed by atoms with Crippen LogP contribution in [0.15, 0.2) is 0 Å². The molecule has 0 aromatic heterocycles. The second-order valence-electron chi connectivity index (χ2n) is 3.98. The van der Waals surface area contributed by atoms with Crippen LogP contribution in [-0.4, -0.2) is 39.8 Å². The molecule has 0 N–H and O–H groups in total. The minimum Gasteiger partial charge on any atom is -0.339 e. The van der Waals surface area contributed by atoms with Crippen molar-refractivity contribution < 1.29 is 4.79 Å². The summed E-state index contributed by atoms with van der Waals surface area (Å²) >= 11 is 7.67. The summed E-state index contributed by atoms with van der Waals surface area (Å²) in [6.07, 6.45) is 0. The number of amides is 1. The van der Waals surface area contributed by atoms with Crippen molar-refractivity contribution in [3.05, 3.63) is 0 Å². The zero-order valence-corrected chi connectivity index (χ0v) is 9.91. The predicted molar refractivity (Wildman–Crippen MR) is 58.4 cm³/mol. The van der Waals surface area contributed by atoms with Gasteiger partial charge in [-0.1, -0.05) is 0 Å². The zero-order valence-electron chi connectivity index (χ0n) is 8.34. The molecule has 0 spiro atoms. The maximum absolute atomic E-state index is 11.6. The summed E-state index contributed by atoms with van der Waals surface area (Å²) in [5.74, 6) is 1.08. The van der Waals surface area contributed by atoms with Crippen LogP contribution >= 0.6 is 23.4 Å². The highest BCUT2D eigenvalue weighted by Crippen LogP contribution is 2.29. The van der Waals surface area contributed by atoms with Crippen LogP contribution < -0.4 is 0 Å². The molecular weight excluding hydrogens is 206 g/mol. The van der Waals surface area contributed by atoms with E-state index in [9.17, 15) is 4.79 Å². The maximum Gasteiger partial charge on any atom is 0.240 e. The third-order valence-corrected chi connectivity index (χ3v) is 3.56. The Labute approximate surface area is 89.0 Å². The van der Waals surface area contributed by atoms with Crippen molar-refractivity contribution in [3.8, 4) is 0 Å². The first-order valence-electron chi connectivity index (χ1n) is 4.49. The predicted octanol–water partition coefficient (Wildman–Crippen LogP) is 1.97. The number of alkyl halides is 1. The van der Waals surface area contributed by atoms with Gasteiger partial charge in [0.15, 0.2) is 0 Å². The van der Waals surface area contributed by atoms with Crippen LogP contribution in [0.3, 0.4) is 0 Å². The highest BCUT2D eigenvalue weighted by Gasteiger charge is 2.30. The van der Waals surface area contributed by atoms with Crippen molar-refractivity contribution in [3.63, 3.8) is 0 Å². The molecule has 0 radical (unpaired) electrons. The normalized spacial score (nSPS) is 24.2. The number of hydrogen-bond acceptors (Lipinski definition) is 2. The van der Waals surface area contributed by atoms with Gasteiger partial charge in [0.2, 0.25) is 5.91 Å². The summed E-state index contributed by atoms with van der Waals surface area (Å²) in [6.45, 7) is 7.71. The number of carbonyl (C=O) groups excluding carboxylic acids is 1. The summed E-state index contributed by atoms with van der Waals surface area (Å²) < 4.78 is 0.180. The Hall–Kier alpha value is 0.110. The molecule has 1 fully saturated rings. The average Bonchev–Trinajstić information content (AvgIpc) is 2.01. The van der Waals surface area contributed by atoms with E-state index in [0.717, 1.165) is 18.8 Å². The van der Waals surface area contributed by atoms with Gasteiger partial charge in [0.05, 0.1) is 0 Å². The molecule has 1 unspecified atom stereocenters. The number of nitrogens with zero attached hydrogens (tertiary/aromatic N) is 1. The van der Waals surface area contributed by atoms with Crippen LogP contribution in [-0.2, 0) is 4.79 Å². The lowest BCUT2D eigenvalue weighted by Gasteiger charge is -2.38. The van der Waals surface area contributed by atoms with Crippen molar-refractivity contribution in [1.82, 2.24) is 4.90 Å². The second-order valence-corrected chi connectivity index (χ2v) is 6.44. The molecule has 0 aromatic carbocycles. The Kier molecular flexibility index (Phi) is 3.52. The molecule has 1 saturated heterocycles. The zero-order chi connectivity index (χ0) is 10.1. The molecule has 1 amide bonds. The fourth-order valence-corrected chi connectivity index (χ4v) is 2.71. The van der Waals surface area contributed by atoms with E-state index in [1.165, 1.54) is 0 Å². The lowest BCUT2D eigenvalue weighted by molar-refractivity contribution is -0.130. The van der Waals surface area contributed by atoms with Gasteiger partial charge in [-0.25, -0.2) is 0 Å². The fourth-order valence-electron chi connectivity index (χ4n) is 1.46. The molecule has 1 atom stereocenters. The molecule has 1 heterocycles. The van der Waals surface area contributed by atoms with E-state index in [4.69, 9.17) is 11.6 Å². The number of halogens is 1. The van der Waals surface area contributed by atoms with Crippen molar-refractivity contribution in [2.45, 2.75) is 30.9 Å². The molecule has 1 aliphatic heterocycles. The van der Waals surface area contributed by atoms with E-state index in [0.29, 0.717) is 0 Å². The molecule has 0 saturated carbocycles. The largest absolute Gasteiger partial charge is 0.339 e. The molecule has 1 aliphatic rings. The van der Waals surface area contributed by atoms with E-state index in [2.05, 4.69) is 13.8 Å². The molecule has 0 aromatic rings. The molecule has 76 valence electrons. The first-order valence-corrected chi connectivity index (χ1v) is 5.91. The number of thioether (sulfide) groups is 1. The van der Waals surface area contributed by atoms with E-state index in [-0.39, 0.29) is 16.0 Å². The fraction of sp³-hybridized carbons (Fsp3) is 0.889.